The Kier molecular flexibility index (Phi) is 8.28. The monoisotopic (exact) mass is 390 g/mol. The molecule has 0 fully saturated rings. The topological polar surface area (TPSA) is 141 Å². The molecule has 2 aromatic rings. The average Bonchev–Trinajstić information content (AvgIpc) is 2.71. The fourth-order valence-corrected chi connectivity index (χ4v) is 2.42. The number of nitro groups is 1. The third kappa shape index (κ3) is 5.98. The molecule has 0 aliphatic carbocycles. The number of rotatable bonds is 11. The SMILES string of the molecule is O=[N+]([O-])c1ccc(/N=N/c2ccc(N(CCO)CCO)cc2)c(OCCO)c1. The second kappa shape index (κ2) is 10.9. The third-order valence-corrected chi connectivity index (χ3v) is 3.73. The predicted octanol–water partition coefficient (Wildman–Crippen LogP) is 2.17. The molecular weight excluding hydrogens is 368 g/mol. The van der Waals surface area contributed by atoms with Gasteiger partial charge < -0.3 is 25.0 Å². The number of hydrogen-bond donors (Lipinski definition) is 3. The Morgan fingerprint density at radius 3 is 2.21 bits per heavy atom. The van der Waals surface area contributed by atoms with Crippen LogP contribution in [0.25, 0.3) is 0 Å². The van der Waals surface area contributed by atoms with Gasteiger partial charge in [0.25, 0.3) is 5.69 Å². The Hall–Kier alpha value is -3.08. The lowest BCUT2D eigenvalue weighted by molar-refractivity contribution is -0.384. The molecule has 0 aliphatic heterocycles. The zero-order valence-electron chi connectivity index (χ0n) is 15.1. The van der Waals surface area contributed by atoms with Crippen LogP contribution in [-0.4, -0.2) is 59.8 Å². The quantitative estimate of drug-likeness (QED) is 0.303. The molecule has 0 unspecified atom stereocenters. The number of benzene rings is 2. The number of non-ortho nitro benzene ring substituents is 1. The van der Waals surface area contributed by atoms with Crippen molar-refractivity contribution in [3.05, 3.63) is 52.6 Å². The predicted molar refractivity (Wildman–Crippen MR) is 103 cm³/mol. The number of anilines is 1. The number of aliphatic hydroxyl groups is 3. The molecule has 10 heteroatoms. The van der Waals surface area contributed by atoms with E-state index in [0.29, 0.717) is 24.5 Å². The largest absolute Gasteiger partial charge is 0.489 e. The molecular formula is C18H22N4O6. The molecule has 0 saturated carbocycles. The summed E-state index contributed by atoms with van der Waals surface area (Å²) in [6, 6.07) is 11.0. The Bertz CT molecular complexity index is 791. The van der Waals surface area contributed by atoms with Crippen molar-refractivity contribution in [3.63, 3.8) is 0 Å². The molecule has 0 atom stereocenters. The Balaban J connectivity index is 2.19. The molecule has 0 spiro atoms. The molecule has 3 N–H and O–H groups in total. The molecule has 150 valence electrons. The van der Waals surface area contributed by atoms with Crippen molar-refractivity contribution in [3.8, 4) is 5.75 Å². The molecule has 0 amide bonds. The fraction of sp³-hybridized carbons (Fsp3) is 0.333. The van der Waals surface area contributed by atoms with E-state index in [4.69, 9.17) is 20.1 Å². The van der Waals surface area contributed by atoms with Gasteiger partial charge in [0.1, 0.15) is 12.3 Å². The lowest BCUT2D eigenvalue weighted by atomic mass is 10.2. The maximum atomic E-state index is 10.9. The van der Waals surface area contributed by atoms with Crippen molar-refractivity contribution in [2.45, 2.75) is 0 Å². The van der Waals surface area contributed by atoms with Crippen LogP contribution in [0.4, 0.5) is 22.7 Å². The van der Waals surface area contributed by atoms with E-state index < -0.39 is 4.92 Å². The lowest BCUT2D eigenvalue weighted by Gasteiger charge is -2.22. The molecule has 2 aromatic carbocycles. The van der Waals surface area contributed by atoms with E-state index >= 15 is 0 Å². The van der Waals surface area contributed by atoms with Gasteiger partial charge in [-0.3, -0.25) is 10.1 Å². The molecule has 0 aliphatic rings. The van der Waals surface area contributed by atoms with Crippen molar-refractivity contribution >= 4 is 22.7 Å². The summed E-state index contributed by atoms with van der Waals surface area (Å²) in [6.07, 6.45) is 0. The number of nitro benzene ring substituents is 1. The van der Waals surface area contributed by atoms with E-state index in [2.05, 4.69) is 10.2 Å². The van der Waals surface area contributed by atoms with Gasteiger partial charge in [0, 0.05) is 24.8 Å². The number of nitrogens with zero attached hydrogens (tertiary/aromatic N) is 4. The second-order valence-electron chi connectivity index (χ2n) is 5.63. The van der Waals surface area contributed by atoms with Gasteiger partial charge >= 0.3 is 0 Å². The molecule has 0 saturated heterocycles. The van der Waals surface area contributed by atoms with Gasteiger partial charge in [0.05, 0.1) is 36.5 Å². The summed E-state index contributed by atoms with van der Waals surface area (Å²) in [6.45, 7) is 0.477. The van der Waals surface area contributed by atoms with Crippen LogP contribution in [0.1, 0.15) is 0 Å². The summed E-state index contributed by atoms with van der Waals surface area (Å²) >= 11 is 0. The first-order valence-electron chi connectivity index (χ1n) is 8.59. The second-order valence-corrected chi connectivity index (χ2v) is 5.63. The Morgan fingerprint density at radius 2 is 1.64 bits per heavy atom. The zero-order chi connectivity index (χ0) is 20.4. The minimum Gasteiger partial charge on any atom is -0.489 e. The van der Waals surface area contributed by atoms with Gasteiger partial charge in [-0.25, -0.2) is 0 Å². The van der Waals surface area contributed by atoms with Crippen LogP contribution in [0.2, 0.25) is 0 Å². The standard InChI is InChI=1S/C18H22N4O6/c23-9-7-21(8-10-24)15-3-1-14(2-4-15)19-20-17-6-5-16(22(26)27)13-18(17)28-12-11-25/h1-6,13,23-25H,7-12H2/b20-19+. The first-order chi connectivity index (χ1) is 13.6. The van der Waals surface area contributed by atoms with Crippen LogP contribution in [0, 0.1) is 10.1 Å². The zero-order valence-corrected chi connectivity index (χ0v) is 15.1. The first-order valence-corrected chi connectivity index (χ1v) is 8.59. The maximum absolute atomic E-state index is 10.9. The molecule has 28 heavy (non-hydrogen) atoms. The maximum Gasteiger partial charge on any atom is 0.273 e. The normalized spacial score (nSPS) is 11.0. The molecule has 0 heterocycles. The van der Waals surface area contributed by atoms with Gasteiger partial charge in [0.15, 0.2) is 5.75 Å². The summed E-state index contributed by atoms with van der Waals surface area (Å²) in [7, 11) is 0. The highest BCUT2D eigenvalue weighted by molar-refractivity contribution is 5.57. The van der Waals surface area contributed by atoms with Gasteiger partial charge in [-0.15, -0.1) is 5.11 Å². The van der Waals surface area contributed by atoms with Gasteiger partial charge in [0.2, 0.25) is 0 Å². The third-order valence-electron chi connectivity index (χ3n) is 3.73. The lowest BCUT2D eigenvalue weighted by Crippen LogP contribution is -2.29. The number of hydrogen-bond acceptors (Lipinski definition) is 9. The van der Waals surface area contributed by atoms with Gasteiger partial charge in [-0.2, -0.15) is 5.11 Å². The minimum absolute atomic E-state index is 0.0239. The summed E-state index contributed by atoms with van der Waals surface area (Å²) in [4.78, 5) is 12.2. The van der Waals surface area contributed by atoms with Crippen LogP contribution in [0.5, 0.6) is 5.75 Å². The van der Waals surface area contributed by atoms with Crippen molar-refractivity contribution in [2.75, 3.05) is 44.4 Å². The highest BCUT2D eigenvalue weighted by Crippen LogP contribution is 2.33. The van der Waals surface area contributed by atoms with Crippen molar-refractivity contribution in [2.24, 2.45) is 10.2 Å². The van der Waals surface area contributed by atoms with Crippen LogP contribution >= 0.6 is 0 Å². The van der Waals surface area contributed by atoms with E-state index in [1.165, 1.54) is 18.2 Å². The van der Waals surface area contributed by atoms with E-state index in [0.717, 1.165) is 5.69 Å². The fourth-order valence-electron chi connectivity index (χ4n) is 2.42. The van der Waals surface area contributed by atoms with E-state index in [1.807, 2.05) is 4.90 Å². The summed E-state index contributed by atoms with van der Waals surface area (Å²) in [5.41, 5.74) is 1.52. The molecule has 0 aromatic heterocycles. The summed E-state index contributed by atoms with van der Waals surface area (Å²) in [5.74, 6) is 0.153. The Morgan fingerprint density at radius 1 is 0.964 bits per heavy atom. The van der Waals surface area contributed by atoms with Crippen LogP contribution in [-0.2, 0) is 0 Å². The minimum atomic E-state index is -0.546. The smallest absolute Gasteiger partial charge is 0.273 e. The molecule has 0 radical (unpaired) electrons. The molecule has 10 nitrogen and oxygen atoms in total. The van der Waals surface area contributed by atoms with E-state index in [9.17, 15) is 10.1 Å². The first kappa shape index (κ1) is 21.2. The van der Waals surface area contributed by atoms with Crippen molar-refractivity contribution in [1.29, 1.82) is 0 Å². The van der Waals surface area contributed by atoms with Crippen molar-refractivity contribution in [1.82, 2.24) is 0 Å². The highest BCUT2D eigenvalue weighted by Gasteiger charge is 2.12. The number of ether oxygens (including phenoxy) is 1. The van der Waals surface area contributed by atoms with E-state index in [-0.39, 0.29) is 37.9 Å². The summed E-state index contributed by atoms with van der Waals surface area (Å²) < 4.78 is 5.31. The number of aliphatic hydroxyl groups excluding tert-OH is 3. The van der Waals surface area contributed by atoms with Crippen LogP contribution in [0.3, 0.4) is 0 Å². The Labute approximate surface area is 161 Å². The van der Waals surface area contributed by atoms with Gasteiger partial charge in [-0.05, 0) is 30.3 Å². The molecule has 2 rings (SSSR count). The van der Waals surface area contributed by atoms with Crippen LogP contribution < -0.4 is 9.64 Å². The highest BCUT2D eigenvalue weighted by atomic mass is 16.6. The summed E-state index contributed by atoms with van der Waals surface area (Å²) in [5, 5.41) is 46.2. The number of azo groups is 1. The van der Waals surface area contributed by atoms with Crippen molar-refractivity contribution < 1.29 is 25.0 Å². The van der Waals surface area contributed by atoms with E-state index in [1.54, 1.807) is 24.3 Å². The molecule has 0 bridgehead atoms. The van der Waals surface area contributed by atoms with Crippen LogP contribution in [0.15, 0.2) is 52.7 Å². The van der Waals surface area contributed by atoms with Gasteiger partial charge in [-0.1, -0.05) is 0 Å². The average molecular weight is 390 g/mol.